The normalized spacial score (nSPS) is 23.7. The Kier molecular flexibility index (Phi) is 5.41. The number of morpholine rings is 1. The lowest BCUT2D eigenvalue weighted by Crippen LogP contribution is -2.51. The van der Waals surface area contributed by atoms with Gasteiger partial charge in [0.2, 0.25) is 5.91 Å². The molecule has 0 aromatic carbocycles. The smallest absolute Gasteiger partial charge is 0.224 e. The Hall–Kier alpha value is -1.02. The van der Waals surface area contributed by atoms with Gasteiger partial charge < -0.3 is 15.0 Å². The molecule has 122 valence electrons. The fourth-order valence-corrected chi connectivity index (χ4v) is 3.56. The number of nitrogens with one attached hydrogen (secondary N) is 1. The van der Waals surface area contributed by atoms with Crippen molar-refractivity contribution in [1.82, 2.24) is 20.1 Å². The molecule has 1 amide bonds. The summed E-state index contributed by atoms with van der Waals surface area (Å²) in [5.41, 5.74) is 1.14. The minimum Gasteiger partial charge on any atom is -0.378 e. The van der Waals surface area contributed by atoms with Crippen molar-refractivity contribution in [2.75, 3.05) is 45.9 Å². The summed E-state index contributed by atoms with van der Waals surface area (Å²) >= 11 is 1.70. The van der Waals surface area contributed by atoms with Crippen molar-refractivity contribution in [2.45, 2.75) is 25.9 Å². The lowest BCUT2D eigenvalue weighted by Gasteiger charge is -2.35. The molecule has 1 atom stereocenters. The highest BCUT2D eigenvalue weighted by molar-refractivity contribution is 7.09. The summed E-state index contributed by atoms with van der Waals surface area (Å²) in [6.07, 6.45) is 0.547. The zero-order valence-electron chi connectivity index (χ0n) is 13.1. The molecule has 2 fully saturated rings. The number of hydrogen-bond acceptors (Lipinski definition) is 6. The van der Waals surface area contributed by atoms with Crippen molar-refractivity contribution >= 4 is 17.2 Å². The SMILES string of the molecule is Cc1nc(CN2CCN(C(=O)C[C@@H]3COCCN3)CC2)cs1. The molecule has 22 heavy (non-hydrogen) atoms. The Labute approximate surface area is 135 Å². The molecular formula is C15H24N4O2S. The molecule has 0 unspecified atom stereocenters. The number of ether oxygens (including phenoxy) is 1. The van der Waals surface area contributed by atoms with Crippen molar-refractivity contribution in [3.05, 3.63) is 16.1 Å². The number of aryl methyl sites for hydroxylation is 1. The van der Waals surface area contributed by atoms with E-state index < -0.39 is 0 Å². The van der Waals surface area contributed by atoms with Crippen LogP contribution in [0.15, 0.2) is 5.38 Å². The molecule has 0 radical (unpaired) electrons. The quantitative estimate of drug-likeness (QED) is 0.873. The van der Waals surface area contributed by atoms with E-state index >= 15 is 0 Å². The fourth-order valence-electron chi connectivity index (χ4n) is 2.96. The van der Waals surface area contributed by atoms with Gasteiger partial charge in [-0.25, -0.2) is 4.98 Å². The van der Waals surface area contributed by atoms with Crippen LogP contribution in [0.5, 0.6) is 0 Å². The summed E-state index contributed by atoms with van der Waals surface area (Å²) in [7, 11) is 0. The third-order valence-electron chi connectivity index (χ3n) is 4.20. The Morgan fingerprint density at radius 1 is 1.45 bits per heavy atom. The summed E-state index contributed by atoms with van der Waals surface area (Å²) in [4.78, 5) is 21.2. The van der Waals surface area contributed by atoms with Crippen LogP contribution >= 0.6 is 11.3 Å². The first-order valence-corrected chi connectivity index (χ1v) is 8.81. The maximum Gasteiger partial charge on any atom is 0.224 e. The van der Waals surface area contributed by atoms with Crippen molar-refractivity contribution in [3.63, 3.8) is 0 Å². The zero-order chi connectivity index (χ0) is 15.4. The molecule has 0 saturated carbocycles. The van der Waals surface area contributed by atoms with Crippen molar-refractivity contribution in [2.24, 2.45) is 0 Å². The van der Waals surface area contributed by atoms with Gasteiger partial charge in [-0.05, 0) is 6.92 Å². The van der Waals surface area contributed by atoms with Crippen LogP contribution in [0.4, 0.5) is 0 Å². The highest BCUT2D eigenvalue weighted by Gasteiger charge is 2.24. The van der Waals surface area contributed by atoms with E-state index in [1.807, 2.05) is 11.8 Å². The van der Waals surface area contributed by atoms with Crippen LogP contribution in [-0.4, -0.2) is 72.7 Å². The van der Waals surface area contributed by atoms with Crippen LogP contribution in [0, 0.1) is 6.92 Å². The van der Waals surface area contributed by atoms with E-state index in [0.29, 0.717) is 13.0 Å². The fraction of sp³-hybridized carbons (Fsp3) is 0.733. The van der Waals surface area contributed by atoms with Crippen molar-refractivity contribution in [3.8, 4) is 0 Å². The van der Waals surface area contributed by atoms with E-state index in [-0.39, 0.29) is 11.9 Å². The minimum atomic E-state index is 0.178. The highest BCUT2D eigenvalue weighted by Crippen LogP contribution is 2.13. The first-order valence-electron chi connectivity index (χ1n) is 7.93. The highest BCUT2D eigenvalue weighted by atomic mass is 32.1. The van der Waals surface area contributed by atoms with E-state index in [0.717, 1.165) is 56.6 Å². The van der Waals surface area contributed by atoms with E-state index in [4.69, 9.17) is 4.74 Å². The molecule has 3 heterocycles. The molecule has 1 N–H and O–H groups in total. The molecule has 7 heteroatoms. The van der Waals surface area contributed by atoms with E-state index in [1.165, 1.54) is 0 Å². The van der Waals surface area contributed by atoms with Gasteiger partial charge in [0.15, 0.2) is 0 Å². The van der Waals surface area contributed by atoms with E-state index in [1.54, 1.807) is 11.3 Å². The second-order valence-electron chi connectivity index (χ2n) is 5.94. The van der Waals surface area contributed by atoms with Crippen LogP contribution < -0.4 is 5.32 Å². The topological polar surface area (TPSA) is 57.7 Å². The molecular weight excluding hydrogens is 300 g/mol. The summed E-state index contributed by atoms with van der Waals surface area (Å²) in [5.74, 6) is 0.243. The van der Waals surface area contributed by atoms with Gasteiger partial charge in [0.1, 0.15) is 0 Å². The number of carbonyl (C=O) groups excluding carboxylic acids is 1. The second-order valence-corrected chi connectivity index (χ2v) is 7.01. The van der Waals surface area contributed by atoms with Gasteiger partial charge in [-0.1, -0.05) is 0 Å². The first-order chi connectivity index (χ1) is 10.7. The van der Waals surface area contributed by atoms with E-state index in [9.17, 15) is 4.79 Å². The number of nitrogens with zero attached hydrogens (tertiary/aromatic N) is 3. The van der Waals surface area contributed by atoms with Gasteiger partial charge in [-0.2, -0.15) is 0 Å². The number of carbonyl (C=O) groups is 1. The largest absolute Gasteiger partial charge is 0.378 e. The Morgan fingerprint density at radius 2 is 2.27 bits per heavy atom. The second kappa shape index (κ2) is 7.50. The molecule has 2 aliphatic rings. The standard InChI is InChI=1S/C15H24N4O2S/c1-12-17-14(11-22-12)9-18-3-5-19(6-4-18)15(20)8-13-10-21-7-2-16-13/h11,13,16H,2-10H2,1H3/t13-/m1/s1. The van der Waals surface area contributed by atoms with Gasteiger partial charge in [0.05, 0.1) is 23.9 Å². The molecule has 0 spiro atoms. The van der Waals surface area contributed by atoms with Crippen LogP contribution in [0.1, 0.15) is 17.1 Å². The number of piperazine rings is 1. The summed E-state index contributed by atoms with van der Waals surface area (Å²) in [6, 6.07) is 0.178. The average molecular weight is 324 g/mol. The summed E-state index contributed by atoms with van der Waals surface area (Å²) in [5, 5.41) is 6.59. The molecule has 2 saturated heterocycles. The molecule has 3 rings (SSSR count). The lowest BCUT2D eigenvalue weighted by molar-refractivity contribution is -0.134. The van der Waals surface area contributed by atoms with Gasteiger partial charge in [-0.15, -0.1) is 11.3 Å². The van der Waals surface area contributed by atoms with Crippen LogP contribution in [0.25, 0.3) is 0 Å². The van der Waals surface area contributed by atoms with Crippen LogP contribution in [-0.2, 0) is 16.1 Å². The Balaban J connectivity index is 1.41. The number of hydrogen-bond donors (Lipinski definition) is 1. The average Bonchev–Trinajstić information content (AvgIpc) is 2.94. The van der Waals surface area contributed by atoms with Crippen molar-refractivity contribution in [1.29, 1.82) is 0 Å². The maximum absolute atomic E-state index is 12.3. The van der Waals surface area contributed by atoms with Gasteiger partial charge >= 0.3 is 0 Å². The first kappa shape index (κ1) is 15.9. The molecule has 0 aliphatic carbocycles. The number of aromatic nitrogens is 1. The van der Waals surface area contributed by atoms with Crippen molar-refractivity contribution < 1.29 is 9.53 Å². The third-order valence-corrected chi connectivity index (χ3v) is 5.02. The molecule has 0 bridgehead atoms. The van der Waals surface area contributed by atoms with E-state index in [2.05, 4.69) is 20.6 Å². The predicted octanol–water partition coefficient (Wildman–Crippen LogP) is 0.474. The lowest BCUT2D eigenvalue weighted by atomic mass is 10.1. The molecule has 2 aliphatic heterocycles. The summed E-state index contributed by atoms with van der Waals surface area (Å²) in [6.45, 7) is 8.66. The number of thiazole rings is 1. The Bertz CT molecular complexity index is 493. The summed E-state index contributed by atoms with van der Waals surface area (Å²) < 4.78 is 5.41. The van der Waals surface area contributed by atoms with Gasteiger partial charge in [0.25, 0.3) is 0 Å². The minimum absolute atomic E-state index is 0.178. The van der Waals surface area contributed by atoms with Gasteiger partial charge in [0, 0.05) is 57.1 Å². The third kappa shape index (κ3) is 4.25. The predicted molar refractivity (Wildman–Crippen MR) is 85.9 cm³/mol. The monoisotopic (exact) mass is 324 g/mol. The zero-order valence-corrected chi connectivity index (χ0v) is 13.9. The van der Waals surface area contributed by atoms with Crippen LogP contribution in [0.3, 0.4) is 0 Å². The van der Waals surface area contributed by atoms with Crippen LogP contribution in [0.2, 0.25) is 0 Å². The number of amides is 1. The molecule has 1 aromatic heterocycles. The molecule has 1 aromatic rings. The Morgan fingerprint density at radius 3 is 2.91 bits per heavy atom. The van der Waals surface area contributed by atoms with Gasteiger partial charge in [-0.3, -0.25) is 9.69 Å². The molecule has 6 nitrogen and oxygen atoms in total. The maximum atomic E-state index is 12.3. The number of rotatable bonds is 4.